The fourth-order valence-corrected chi connectivity index (χ4v) is 2.93. The van der Waals surface area contributed by atoms with Crippen LogP contribution >= 0.6 is 0 Å². The van der Waals surface area contributed by atoms with Gasteiger partial charge in [-0.25, -0.2) is 0 Å². The van der Waals surface area contributed by atoms with E-state index in [0.29, 0.717) is 0 Å². The smallest absolute Gasteiger partial charge is 0.0178 e. The van der Waals surface area contributed by atoms with E-state index < -0.39 is 0 Å². The van der Waals surface area contributed by atoms with Crippen molar-refractivity contribution in [3.05, 3.63) is 54.1 Å². The molecule has 0 unspecified atom stereocenters. The molecule has 0 spiro atoms. The van der Waals surface area contributed by atoms with Gasteiger partial charge in [-0.3, -0.25) is 0 Å². The van der Waals surface area contributed by atoms with Crippen molar-refractivity contribution >= 4 is 16.8 Å². The fraction of sp³-hybridized carbons (Fsp3) is 0.455. The number of unbranched alkanes of at least 4 members (excludes halogenated alkanes) is 8. The van der Waals surface area contributed by atoms with Crippen LogP contribution < -0.4 is 0 Å². The molecule has 0 heterocycles. The summed E-state index contributed by atoms with van der Waals surface area (Å²) in [5, 5.41) is 2.65. The number of hydrogen-bond donors (Lipinski definition) is 0. The lowest BCUT2D eigenvalue weighted by atomic mass is 10.1. The third-order valence-corrected chi connectivity index (χ3v) is 4.31. The number of hydrogen-bond acceptors (Lipinski definition) is 0. The molecule has 0 saturated carbocycles. The minimum absolute atomic E-state index is 1.21. The van der Waals surface area contributed by atoms with E-state index in [4.69, 9.17) is 0 Å². The molecule has 0 fully saturated rings. The van der Waals surface area contributed by atoms with Crippen molar-refractivity contribution in [2.45, 2.75) is 64.7 Å². The molecular weight excluding hydrogens is 264 g/mol. The lowest BCUT2D eigenvalue weighted by molar-refractivity contribution is 0.578. The summed E-state index contributed by atoms with van der Waals surface area (Å²) < 4.78 is 0. The molecule has 0 amide bonds. The van der Waals surface area contributed by atoms with Crippen molar-refractivity contribution in [1.29, 1.82) is 0 Å². The lowest BCUT2D eigenvalue weighted by Crippen LogP contribution is -1.80. The Morgan fingerprint density at radius 1 is 0.727 bits per heavy atom. The number of rotatable bonds is 10. The SMILES string of the molecule is CCCCCCCCCC/C=C/c1ccc2ccccc2c1. The van der Waals surface area contributed by atoms with Crippen LogP contribution in [-0.4, -0.2) is 0 Å². The topological polar surface area (TPSA) is 0 Å². The summed E-state index contributed by atoms with van der Waals surface area (Å²) in [4.78, 5) is 0. The Balaban J connectivity index is 1.62. The Labute approximate surface area is 136 Å². The van der Waals surface area contributed by atoms with Gasteiger partial charge >= 0.3 is 0 Å². The van der Waals surface area contributed by atoms with E-state index in [9.17, 15) is 0 Å². The Hall–Kier alpha value is -1.56. The standard InChI is InChI=1S/C22H30/c1-2-3-4-5-6-7-8-9-10-11-14-20-17-18-21-15-12-13-16-22(21)19-20/h11-19H,2-10H2,1H3/b14-11+. The molecule has 0 N–H and O–H groups in total. The summed E-state index contributed by atoms with van der Waals surface area (Å²) in [5.74, 6) is 0. The van der Waals surface area contributed by atoms with Crippen molar-refractivity contribution in [2.75, 3.05) is 0 Å². The van der Waals surface area contributed by atoms with Crippen molar-refractivity contribution in [3.8, 4) is 0 Å². The first-order chi connectivity index (χ1) is 10.9. The number of allylic oxidation sites excluding steroid dienone is 1. The molecule has 2 aromatic rings. The third-order valence-electron chi connectivity index (χ3n) is 4.31. The minimum atomic E-state index is 1.21. The maximum absolute atomic E-state index is 2.33. The first kappa shape index (κ1) is 16.8. The van der Waals surface area contributed by atoms with Gasteiger partial charge in [0.15, 0.2) is 0 Å². The third kappa shape index (κ3) is 6.05. The number of fused-ring (bicyclic) bond motifs is 1. The molecule has 0 aliphatic carbocycles. The highest BCUT2D eigenvalue weighted by Gasteiger charge is 1.93. The quantitative estimate of drug-likeness (QED) is 0.401. The summed E-state index contributed by atoms with van der Waals surface area (Å²) in [7, 11) is 0. The average Bonchev–Trinajstić information content (AvgIpc) is 2.56. The zero-order chi connectivity index (χ0) is 15.5. The Morgan fingerprint density at radius 2 is 1.41 bits per heavy atom. The van der Waals surface area contributed by atoms with Gasteiger partial charge in [-0.15, -0.1) is 0 Å². The molecule has 0 bridgehead atoms. The fourth-order valence-electron chi connectivity index (χ4n) is 2.93. The maximum Gasteiger partial charge on any atom is -0.0178 e. The van der Waals surface area contributed by atoms with Crippen LogP contribution in [0, 0.1) is 0 Å². The predicted octanol–water partition coefficient (Wildman–Crippen LogP) is 7.38. The molecule has 0 atom stereocenters. The van der Waals surface area contributed by atoms with Crippen LogP contribution in [0.1, 0.15) is 70.3 Å². The molecule has 118 valence electrons. The molecule has 2 rings (SSSR count). The van der Waals surface area contributed by atoms with Gasteiger partial charge in [0.05, 0.1) is 0 Å². The molecule has 0 nitrogen and oxygen atoms in total. The molecule has 0 radical (unpaired) electrons. The molecule has 0 aromatic heterocycles. The van der Waals surface area contributed by atoms with E-state index in [0.717, 1.165) is 0 Å². The van der Waals surface area contributed by atoms with Crippen LogP contribution in [-0.2, 0) is 0 Å². The van der Waals surface area contributed by atoms with Gasteiger partial charge < -0.3 is 0 Å². The second-order valence-corrected chi connectivity index (χ2v) is 6.27. The van der Waals surface area contributed by atoms with Gasteiger partial charge in [-0.05, 0) is 35.2 Å². The van der Waals surface area contributed by atoms with Gasteiger partial charge in [0, 0.05) is 0 Å². The maximum atomic E-state index is 2.33. The van der Waals surface area contributed by atoms with Gasteiger partial charge in [-0.1, -0.05) is 100 Å². The summed E-state index contributed by atoms with van der Waals surface area (Å²) in [6.45, 7) is 2.28. The molecule has 2 aromatic carbocycles. The summed E-state index contributed by atoms with van der Waals surface area (Å²) in [5.41, 5.74) is 1.32. The Bertz CT molecular complexity index is 565. The second kappa shape index (κ2) is 10.2. The molecule has 22 heavy (non-hydrogen) atoms. The predicted molar refractivity (Wildman–Crippen MR) is 100 cm³/mol. The van der Waals surface area contributed by atoms with E-state index in [1.165, 1.54) is 74.1 Å². The van der Waals surface area contributed by atoms with Crippen LogP contribution in [0.3, 0.4) is 0 Å². The van der Waals surface area contributed by atoms with Crippen LogP contribution in [0.15, 0.2) is 48.5 Å². The zero-order valence-electron chi connectivity index (χ0n) is 14.1. The monoisotopic (exact) mass is 294 g/mol. The zero-order valence-corrected chi connectivity index (χ0v) is 14.1. The molecule has 0 heteroatoms. The summed E-state index contributed by atoms with van der Waals surface area (Å²) in [6, 6.07) is 15.3. The van der Waals surface area contributed by atoms with E-state index in [1.807, 2.05) is 0 Å². The van der Waals surface area contributed by atoms with E-state index >= 15 is 0 Å². The van der Waals surface area contributed by atoms with Crippen LogP contribution in [0.25, 0.3) is 16.8 Å². The first-order valence-electron chi connectivity index (χ1n) is 9.05. The van der Waals surface area contributed by atoms with Crippen molar-refractivity contribution in [1.82, 2.24) is 0 Å². The van der Waals surface area contributed by atoms with E-state index in [-0.39, 0.29) is 0 Å². The highest BCUT2D eigenvalue weighted by Crippen LogP contribution is 2.17. The molecule has 0 saturated heterocycles. The lowest BCUT2D eigenvalue weighted by Gasteiger charge is -2.00. The van der Waals surface area contributed by atoms with Crippen LogP contribution in [0.2, 0.25) is 0 Å². The minimum Gasteiger partial charge on any atom is -0.0839 e. The second-order valence-electron chi connectivity index (χ2n) is 6.27. The van der Waals surface area contributed by atoms with Gasteiger partial charge in [0.2, 0.25) is 0 Å². The van der Waals surface area contributed by atoms with Crippen molar-refractivity contribution < 1.29 is 0 Å². The molecular formula is C22H30. The van der Waals surface area contributed by atoms with Gasteiger partial charge in [-0.2, -0.15) is 0 Å². The van der Waals surface area contributed by atoms with E-state index in [1.54, 1.807) is 0 Å². The molecule has 0 aliphatic rings. The highest BCUT2D eigenvalue weighted by molar-refractivity contribution is 5.84. The largest absolute Gasteiger partial charge is 0.0839 e. The molecule has 0 aliphatic heterocycles. The number of benzene rings is 2. The van der Waals surface area contributed by atoms with E-state index in [2.05, 4.69) is 61.5 Å². The van der Waals surface area contributed by atoms with Crippen LogP contribution in [0.5, 0.6) is 0 Å². The summed E-state index contributed by atoms with van der Waals surface area (Å²) >= 11 is 0. The normalized spacial score (nSPS) is 11.5. The van der Waals surface area contributed by atoms with Crippen molar-refractivity contribution in [2.24, 2.45) is 0 Å². The van der Waals surface area contributed by atoms with Crippen LogP contribution in [0.4, 0.5) is 0 Å². The summed E-state index contributed by atoms with van der Waals surface area (Å²) in [6.07, 6.45) is 17.0. The Kier molecular flexibility index (Phi) is 7.80. The first-order valence-corrected chi connectivity index (χ1v) is 9.05. The average molecular weight is 294 g/mol. The Morgan fingerprint density at radius 3 is 2.18 bits per heavy atom. The highest BCUT2D eigenvalue weighted by atomic mass is 14.0. The van der Waals surface area contributed by atoms with Gasteiger partial charge in [0.25, 0.3) is 0 Å². The van der Waals surface area contributed by atoms with Crippen molar-refractivity contribution in [3.63, 3.8) is 0 Å². The van der Waals surface area contributed by atoms with Gasteiger partial charge in [0.1, 0.15) is 0 Å².